The van der Waals surface area contributed by atoms with Crippen LogP contribution in [-0.4, -0.2) is 84.4 Å². The van der Waals surface area contributed by atoms with Crippen LogP contribution in [0.1, 0.15) is 26.2 Å². The second kappa shape index (κ2) is 11.7. The number of esters is 1. The molecule has 0 radical (unpaired) electrons. The molecule has 0 rings (SSSR count). The molecule has 8 heteroatoms. The molecule has 0 aliphatic rings. The molecule has 0 bridgehead atoms. The Bertz CT molecular complexity index is 304. The normalized spacial score (nSPS) is 12.4. The van der Waals surface area contributed by atoms with Crippen LogP contribution < -0.4 is 0 Å². The number of aliphatic hydroxyl groups is 5. The molecule has 0 spiro atoms. The average Bonchev–Trinajstić information content (AvgIpc) is 2.60. The summed E-state index contributed by atoms with van der Waals surface area (Å²) in [7, 11) is 0. The number of carbonyl (C=O) groups excluding carboxylic acids is 1. The summed E-state index contributed by atoms with van der Waals surface area (Å²) < 4.78 is 10.4. The van der Waals surface area contributed by atoms with E-state index in [0.29, 0.717) is 6.42 Å². The zero-order valence-electron chi connectivity index (χ0n) is 13.7. The molecular weight excluding hydrogens is 308 g/mol. The molecule has 0 aromatic carbocycles. The summed E-state index contributed by atoms with van der Waals surface area (Å²) in [5.41, 5.74) is -2.37. The lowest BCUT2D eigenvalue weighted by Crippen LogP contribution is -2.44. The highest BCUT2D eigenvalue weighted by molar-refractivity contribution is 5.69. The van der Waals surface area contributed by atoms with Crippen molar-refractivity contribution in [1.82, 2.24) is 0 Å². The number of ether oxygens (including phenoxy) is 2. The van der Waals surface area contributed by atoms with Crippen molar-refractivity contribution in [2.24, 2.45) is 10.8 Å². The average molecular weight is 338 g/mol. The summed E-state index contributed by atoms with van der Waals surface area (Å²) in [6.07, 6.45) is 1.83. The van der Waals surface area contributed by atoms with E-state index >= 15 is 0 Å². The maximum Gasteiger partial charge on any atom is 0.305 e. The zero-order chi connectivity index (χ0) is 17.8. The van der Waals surface area contributed by atoms with Gasteiger partial charge in [0.2, 0.25) is 0 Å². The van der Waals surface area contributed by atoms with Crippen LogP contribution in [0.4, 0.5) is 0 Å². The third-order valence-electron chi connectivity index (χ3n) is 3.77. The molecular formula is C15H30O8. The first-order valence-electron chi connectivity index (χ1n) is 7.74. The third kappa shape index (κ3) is 7.56. The number of carbonyl (C=O) groups is 1. The van der Waals surface area contributed by atoms with Crippen molar-refractivity contribution < 1.29 is 39.8 Å². The Labute approximate surface area is 136 Å². The monoisotopic (exact) mass is 338 g/mol. The van der Waals surface area contributed by atoms with Gasteiger partial charge in [0.15, 0.2) is 0 Å². The lowest BCUT2D eigenvalue weighted by atomic mass is 9.90. The van der Waals surface area contributed by atoms with Gasteiger partial charge in [-0.15, -0.1) is 0 Å². The quantitative estimate of drug-likeness (QED) is 0.246. The van der Waals surface area contributed by atoms with Gasteiger partial charge < -0.3 is 35.0 Å². The van der Waals surface area contributed by atoms with Crippen molar-refractivity contribution in [3.05, 3.63) is 0 Å². The Kier molecular flexibility index (Phi) is 11.3. The number of unbranched alkanes of at least 4 members (excludes halogenated alkanes) is 1. The first-order chi connectivity index (χ1) is 11.0. The number of rotatable bonds is 14. The van der Waals surface area contributed by atoms with Gasteiger partial charge in [-0.05, 0) is 6.42 Å². The van der Waals surface area contributed by atoms with Crippen molar-refractivity contribution in [1.29, 1.82) is 0 Å². The zero-order valence-corrected chi connectivity index (χ0v) is 13.7. The summed E-state index contributed by atoms with van der Waals surface area (Å²) >= 11 is 0. The molecule has 23 heavy (non-hydrogen) atoms. The second-order valence-electron chi connectivity index (χ2n) is 6.05. The number of hydrogen-bond acceptors (Lipinski definition) is 8. The van der Waals surface area contributed by atoms with Crippen LogP contribution in [0.25, 0.3) is 0 Å². The van der Waals surface area contributed by atoms with Crippen LogP contribution in [-0.2, 0) is 14.3 Å². The van der Waals surface area contributed by atoms with E-state index in [9.17, 15) is 30.3 Å². The van der Waals surface area contributed by atoms with Gasteiger partial charge in [0.25, 0.3) is 0 Å². The van der Waals surface area contributed by atoms with Gasteiger partial charge in [-0.1, -0.05) is 13.3 Å². The van der Waals surface area contributed by atoms with Crippen molar-refractivity contribution in [2.45, 2.75) is 26.2 Å². The molecule has 0 aliphatic heterocycles. The third-order valence-corrected chi connectivity index (χ3v) is 3.77. The Hall–Kier alpha value is -0.770. The summed E-state index contributed by atoms with van der Waals surface area (Å²) in [6, 6.07) is 0. The topological polar surface area (TPSA) is 137 Å². The van der Waals surface area contributed by atoms with Crippen molar-refractivity contribution >= 4 is 5.97 Å². The van der Waals surface area contributed by atoms with E-state index in [4.69, 9.17) is 9.47 Å². The molecule has 0 heterocycles. The van der Waals surface area contributed by atoms with Gasteiger partial charge in [0, 0.05) is 6.42 Å². The number of hydrogen-bond donors (Lipinski definition) is 5. The standard InChI is InChI=1S/C15H30O8/c1-2-3-4-13(21)23-12-15(8-19,9-20)11-22-10-14(5-16,6-17)7-18/h16-20H,2-12H2,1H3. The molecule has 0 amide bonds. The van der Waals surface area contributed by atoms with Crippen LogP contribution in [0, 0.1) is 10.8 Å². The fraction of sp³-hybridized carbons (Fsp3) is 0.933. The van der Waals surface area contributed by atoms with Gasteiger partial charge in [-0.25, -0.2) is 0 Å². The predicted molar refractivity (Wildman–Crippen MR) is 81.6 cm³/mol. The fourth-order valence-electron chi connectivity index (χ4n) is 1.67. The minimum atomic E-state index is -1.20. The molecule has 0 aromatic rings. The van der Waals surface area contributed by atoms with Crippen LogP contribution in [0.15, 0.2) is 0 Å². The van der Waals surface area contributed by atoms with Crippen molar-refractivity contribution in [3.8, 4) is 0 Å². The molecule has 0 fully saturated rings. The fourth-order valence-corrected chi connectivity index (χ4v) is 1.67. The van der Waals surface area contributed by atoms with E-state index in [0.717, 1.165) is 6.42 Å². The summed E-state index contributed by atoms with van der Waals surface area (Å²) in [5.74, 6) is -0.409. The first kappa shape index (κ1) is 22.2. The molecule has 0 aliphatic carbocycles. The first-order valence-corrected chi connectivity index (χ1v) is 7.74. The second-order valence-corrected chi connectivity index (χ2v) is 6.05. The lowest BCUT2D eigenvalue weighted by molar-refractivity contribution is -0.154. The maximum absolute atomic E-state index is 11.5. The van der Waals surface area contributed by atoms with E-state index in [-0.39, 0.29) is 26.2 Å². The highest BCUT2D eigenvalue weighted by atomic mass is 16.5. The van der Waals surface area contributed by atoms with Gasteiger partial charge in [0.05, 0.1) is 57.1 Å². The largest absolute Gasteiger partial charge is 0.465 e. The van der Waals surface area contributed by atoms with E-state index in [1.165, 1.54) is 0 Å². The van der Waals surface area contributed by atoms with E-state index in [2.05, 4.69) is 0 Å². The molecule has 5 N–H and O–H groups in total. The SMILES string of the molecule is CCCCC(=O)OCC(CO)(CO)COCC(CO)(CO)CO. The van der Waals surface area contributed by atoms with Crippen LogP contribution in [0.5, 0.6) is 0 Å². The van der Waals surface area contributed by atoms with Crippen LogP contribution in [0.2, 0.25) is 0 Å². The highest BCUT2D eigenvalue weighted by Crippen LogP contribution is 2.21. The van der Waals surface area contributed by atoms with Crippen LogP contribution >= 0.6 is 0 Å². The van der Waals surface area contributed by atoms with E-state index in [1.54, 1.807) is 0 Å². The minimum absolute atomic E-state index is 0.150. The van der Waals surface area contributed by atoms with Gasteiger partial charge in [-0.3, -0.25) is 4.79 Å². The van der Waals surface area contributed by atoms with Crippen LogP contribution in [0.3, 0.4) is 0 Å². The number of aliphatic hydroxyl groups excluding tert-OH is 5. The summed E-state index contributed by atoms with van der Waals surface area (Å²) in [4.78, 5) is 11.5. The van der Waals surface area contributed by atoms with E-state index < -0.39 is 49.8 Å². The molecule has 0 aromatic heterocycles. The lowest BCUT2D eigenvalue weighted by Gasteiger charge is -2.32. The van der Waals surface area contributed by atoms with E-state index in [1.807, 2.05) is 6.92 Å². The Morgan fingerprint density at radius 1 is 0.826 bits per heavy atom. The minimum Gasteiger partial charge on any atom is -0.465 e. The molecule has 0 saturated carbocycles. The summed E-state index contributed by atoms with van der Waals surface area (Å²) in [6.45, 7) is -0.921. The molecule has 0 saturated heterocycles. The highest BCUT2D eigenvalue weighted by Gasteiger charge is 2.34. The molecule has 0 atom stereocenters. The molecule has 0 unspecified atom stereocenters. The predicted octanol–water partition coefficient (Wildman–Crippen LogP) is -1.33. The smallest absolute Gasteiger partial charge is 0.305 e. The maximum atomic E-state index is 11.5. The molecule has 138 valence electrons. The van der Waals surface area contributed by atoms with Gasteiger partial charge in [-0.2, -0.15) is 0 Å². The van der Waals surface area contributed by atoms with Crippen molar-refractivity contribution in [3.63, 3.8) is 0 Å². The van der Waals surface area contributed by atoms with Crippen molar-refractivity contribution in [2.75, 3.05) is 52.9 Å². The van der Waals surface area contributed by atoms with Gasteiger partial charge in [0.1, 0.15) is 6.61 Å². The molecule has 8 nitrogen and oxygen atoms in total. The van der Waals surface area contributed by atoms with Gasteiger partial charge >= 0.3 is 5.97 Å². The Morgan fingerprint density at radius 2 is 1.30 bits per heavy atom. The Balaban J connectivity index is 4.50. The Morgan fingerprint density at radius 3 is 1.74 bits per heavy atom. The summed E-state index contributed by atoms with van der Waals surface area (Å²) in [5, 5.41) is 46.6.